The van der Waals surface area contributed by atoms with Crippen LogP contribution in [0.4, 0.5) is 5.82 Å². The van der Waals surface area contributed by atoms with Gasteiger partial charge in [0, 0.05) is 5.56 Å². The highest BCUT2D eigenvalue weighted by atomic mass is 79.9. The van der Waals surface area contributed by atoms with Gasteiger partial charge < -0.3 is 15.0 Å². The van der Waals surface area contributed by atoms with Gasteiger partial charge in [0.2, 0.25) is 5.82 Å². The van der Waals surface area contributed by atoms with E-state index < -0.39 is 0 Å². The lowest BCUT2D eigenvalue weighted by molar-refractivity contribution is 0.412. The molecule has 0 unspecified atom stereocenters. The van der Waals surface area contributed by atoms with Crippen molar-refractivity contribution in [2.45, 2.75) is 0 Å². The molecule has 1 aromatic carbocycles. The lowest BCUT2D eigenvalue weighted by Crippen LogP contribution is -1.88. The van der Waals surface area contributed by atoms with Gasteiger partial charge in [-0.2, -0.15) is 10.1 Å². The Hall–Kier alpha value is -2.35. The molecule has 3 aromatic rings. The van der Waals surface area contributed by atoms with Crippen molar-refractivity contribution in [3.05, 3.63) is 28.9 Å². The number of rotatable bonds is 3. The topological polar surface area (TPSA) is 103 Å². The minimum Gasteiger partial charge on any atom is -0.496 e. The Kier molecular flexibility index (Phi) is 3.15. The molecular formula is C12H10BrN5O2. The van der Waals surface area contributed by atoms with Gasteiger partial charge in [0.25, 0.3) is 5.89 Å². The number of aromatic amines is 1. The second-order valence-corrected chi connectivity index (χ2v) is 4.82. The average Bonchev–Trinajstić information content (AvgIpc) is 3.07. The van der Waals surface area contributed by atoms with Crippen LogP contribution in [0.15, 0.2) is 33.4 Å². The summed E-state index contributed by atoms with van der Waals surface area (Å²) < 4.78 is 11.2. The molecule has 8 heteroatoms. The van der Waals surface area contributed by atoms with E-state index in [-0.39, 0.29) is 0 Å². The molecule has 0 atom stereocenters. The van der Waals surface area contributed by atoms with Crippen molar-refractivity contribution in [3.63, 3.8) is 0 Å². The van der Waals surface area contributed by atoms with Crippen LogP contribution in [0.5, 0.6) is 5.75 Å². The Morgan fingerprint density at radius 2 is 2.25 bits per heavy atom. The van der Waals surface area contributed by atoms with Gasteiger partial charge in [-0.15, -0.1) is 0 Å². The van der Waals surface area contributed by atoms with E-state index in [1.54, 1.807) is 7.11 Å². The summed E-state index contributed by atoms with van der Waals surface area (Å²) in [6, 6.07) is 5.52. The zero-order valence-electron chi connectivity index (χ0n) is 10.4. The number of nitrogens with two attached hydrogens (primary N) is 1. The van der Waals surface area contributed by atoms with Crippen molar-refractivity contribution in [1.29, 1.82) is 0 Å². The molecule has 0 aliphatic heterocycles. The number of halogens is 1. The summed E-state index contributed by atoms with van der Waals surface area (Å²) in [7, 11) is 1.61. The standard InChI is InChI=1S/C12H10BrN5O2/c1-19-9-3-2-6(4-8(9)13)11-16-12(20-18-11)7-5-15-17-10(7)14/h2-5H,1H3,(H3,14,15,17). The van der Waals surface area contributed by atoms with Crippen LogP contribution in [0, 0.1) is 0 Å². The summed E-state index contributed by atoms with van der Waals surface area (Å²) >= 11 is 3.42. The van der Waals surface area contributed by atoms with Gasteiger partial charge in [-0.05, 0) is 34.1 Å². The molecule has 0 fully saturated rings. The van der Waals surface area contributed by atoms with Crippen LogP contribution < -0.4 is 10.5 Å². The maximum absolute atomic E-state index is 5.71. The van der Waals surface area contributed by atoms with E-state index in [0.717, 1.165) is 15.8 Å². The van der Waals surface area contributed by atoms with E-state index in [0.29, 0.717) is 23.1 Å². The predicted octanol–water partition coefficient (Wildman–Crippen LogP) is 2.48. The first-order valence-corrected chi connectivity index (χ1v) is 6.45. The number of ether oxygens (including phenoxy) is 1. The largest absolute Gasteiger partial charge is 0.496 e. The van der Waals surface area contributed by atoms with Crippen molar-refractivity contribution in [1.82, 2.24) is 20.3 Å². The molecule has 0 aliphatic carbocycles. The first-order chi connectivity index (χ1) is 9.69. The molecule has 3 rings (SSSR count). The zero-order valence-corrected chi connectivity index (χ0v) is 12.0. The second kappa shape index (κ2) is 4.97. The maximum atomic E-state index is 5.71. The van der Waals surface area contributed by atoms with E-state index in [1.165, 1.54) is 6.20 Å². The Morgan fingerprint density at radius 1 is 1.40 bits per heavy atom. The third-order valence-electron chi connectivity index (χ3n) is 2.74. The molecular weight excluding hydrogens is 326 g/mol. The van der Waals surface area contributed by atoms with E-state index in [1.807, 2.05) is 18.2 Å². The molecule has 20 heavy (non-hydrogen) atoms. The number of benzene rings is 1. The quantitative estimate of drug-likeness (QED) is 0.762. The summed E-state index contributed by atoms with van der Waals surface area (Å²) in [5.74, 6) is 1.90. The van der Waals surface area contributed by atoms with Crippen LogP contribution in [0.3, 0.4) is 0 Å². The number of hydrogen-bond donors (Lipinski definition) is 2. The van der Waals surface area contributed by atoms with Gasteiger partial charge in [0.15, 0.2) is 0 Å². The molecule has 0 bridgehead atoms. The minimum atomic E-state index is 0.318. The molecule has 3 N–H and O–H groups in total. The maximum Gasteiger partial charge on any atom is 0.263 e. The molecule has 102 valence electrons. The predicted molar refractivity (Wildman–Crippen MR) is 76.0 cm³/mol. The number of nitrogens with one attached hydrogen (secondary N) is 1. The van der Waals surface area contributed by atoms with Gasteiger partial charge in [-0.1, -0.05) is 5.16 Å². The highest BCUT2D eigenvalue weighted by molar-refractivity contribution is 9.10. The summed E-state index contributed by atoms with van der Waals surface area (Å²) in [4.78, 5) is 4.30. The van der Waals surface area contributed by atoms with Crippen LogP contribution in [0.25, 0.3) is 22.8 Å². The summed E-state index contributed by atoms with van der Waals surface area (Å²) in [6.45, 7) is 0. The fourth-order valence-electron chi connectivity index (χ4n) is 1.72. The smallest absolute Gasteiger partial charge is 0.263 e. The molecule has 0 amide bonds. The first kappa shape index (κ1) is 12.7. The zero-order chi connectivity index (χ0) is 14.1. The van der Waals surface area contributed by atoms with Crippen molar-refractivity contribution in [2.24, 2.45) is 0 Å². The van der Waals surface area contributed by atoms with Crippen molar-refractivity contribution >= 4 is 21.7 Å². The van der Waals surface area contributed by atoms with Crippen LogP contribution >= 0.6 is 15.9 Å². The Morgan fingerprint density at radius 3 is 2.90 bits per heavy atom. The van der Waals surface area contributed by atoms with Crippen LogP contribution in [-0.2, 0) is 0 Å². The van der Waals surface area contributed by atoms with Gasteiger partial charge in [0.05, 0.1) is 17.8 Å². The first-order valence-electron chi connectivity index (χ1n) is 5.66. The second-order valence-electron chi connectivity index (χ2n) is 3.97. The summed E-state index contributed by atoms with van der Waals surface area (Å²) in [5, 5.41) is 10.4. The monoisotopic (exact) mass is 335 g/mol. The molecule has 2 aromatic heterocycles. The SMILES string of the molecule is COc1ccc(-c2noc(-c3cn[nH]c3N)n2)cc1Br. The molecule has 0 spiro atoms. The average molecular weight is 336 g/mol. The highest BCUT2D eigenvalue weighted by Crippen LogP contribution is 2.30. The van der Waals surface area contributed by atoms with Gasteiger partial charge in [0.1, 0.15) is 17.1 Å². The molecule has 7 nitrogen and oxygen atoms in total. The number of nitrogens with zero attached hydrogens (tertiary/aromatic N) is 3. The number of anilines is 1. The number of hydrogen-bond acceptors (Lipinski definition) is 6. The van der Waals surface area contributed by atoms with Gasteiger partial charge in [-0.25, -0.2) is 0 Å². The lowest BCUT2D eigenvalue weighted by atomic mass is 10.2. The number of nitrogen functional groups attached to an aromatic ring is 1. The Labute approximate surface area is 122 Å². The third kappa shape index (κ3) is 2.14. The molecule has 0 saturated carbocycles. The molecule has 0 saturated heterocycles. The minimum absolute atomic E-state index is 0.318. The highest BCUT2D eigenvalue weighted by Gasteiger charge is 2.15. The fourth-order valence-corrected chi connectivity index (χ4v) is 2.26. The van der Waals surface area contributed by atoms with Crippen LogP contribution in [0.1, 0.15) is 0 Å². The van der Waals surface area contributed by atoms with Crippen molar-refractivity contribution in [2.75, 3.05) is 12.8 Å². The van der Waals surface area contributed by atoms with Gasteiger partial charge >= 0.3 is 0 Å². The number of methoxy groups -OCH3 is 1. The van der Waals surface area contributed by atoms with Crippen LogP contribution in [0.2, 0.25) is 0 Å². The molecule has 2 heterocycles. The Bertz CT molecular complexity index is 752. The molecule has 0 aliphatic rings. The van der Waals surface area contributed by atoms with E-state index in [9.17, 15) is 0 Å². The number of H-pyrrole nitrogens is 1. The van der Waals surface area contributed by atoms with Crippen LogP contribution in [-0.4, -0.2) is 27.4 Å². The van der Waals surface area contributed by atoms with Crippen molar-refractivity contribution in [3.8, 4) is 28.6 Å². The van der Waals surface area contributed by atoms with Crippen molar-refractivity contribution < 1.29 is 9.26 Å². The fraction of sp³-hybridized carbons (Fsp3) is 0.0833. The Balaban J connectivity index is 1.98. The third-order valence-corrected chi connectivity index (χ3v) is 3.35. The lowest BCUT2D eigenvalue weighted by Gasteiger charge is -2.03. The normalized spacial score (nSPS) is 10.7. The molecule has 0 radical (unpaired) electrons. The van der Waals surface area contributed by atoms with Gasteiger partial charge in [-0.3, -0.25) is 5.10 Å². The summed E-state index contributed by atoms with van der Waals surface area (Å²) in [6.07, 6.45) is 1.54. The summed E-state index contributed by atoms with van der Waals surface area (Å²) in [5.41, 5.74) is 7.09. The number of aromatic nitrogens is 4. The van der Waals surface area contributed by atoms with E-state index in [2.05, 4.69) is 36.3 Å². The van der Waals surface area contributed by atoms with E-state index >= 15 is 0 Å². The van der Waals surface area contributed by atoms with E-state index in [4.69, 9.17) is 15.0 Å².